The van der Waals surface area contributed by atoms with Crippen LogP contribution in [0.3, 0.4) is 0 Å². The molecule has 0 aliphatic carbocycles. The van der Waals surface area contributed by atoms with Crippen LogP contribution in [0.15, 0.2) is 100 Å². The molecule has 0 saturated carbocycles. The summed E-state index contributed by atoms with van der Waals surface area (Å²) < 4.78 is 35.5. The predicted octanol–water partition coefficient (Wildman–Crippen LogP) is 7.82. The van der Waals surface area contributed by atoms with Crippen molar-refractivity contribution >= 4 is 66.7 Å². The van der Waals surface area contributed by atoms with Crippen LogP contribution in [-0.4, -0.2) is 51.4 Å². The van der Waals surface area contributed by atoms with Gasteiger partial charge in [-0.25, -0.2) is 8.42 Å². The molecule has 0 aromatic heterocycles. The highest BCUT2D eigenvalue weighted by atomic mass is 79.9. The summed E-state index contributed by atoms with van der Waals surface area (Å²) in [6.45, 7) is 3.58. The molecule has 1 atom stereocenters. The molecular formula is C36H38BrCl2N3O5S. The molecular weight excluding hydrogens is 737 g/mol. The Labute approximate surface area is 301 Å². The van der Waals surface area contributed by atoms with E-state index < -0.39 is 28.5 Å². The van der Waals surface area contributed by atoms with Crippen LogP contribution < -0.4 is 14.4 Å². The van der Waals surface area contributed by atoms with Crippen LogP contribution in [0, 0.1) is 6.92 Å². The second-order valence-electron chi connectivity index (χ2n) is 11.2. The van der Waals surface area contributed by atoms with Gasteiger partial charge in [-0.05, 0) is 77.3 Å². The zero-order valence-corrected chi connectivity index (χ0v) is 30.9. The summed E-state index contributed by atoms with van der Waals surface area (Å²) in [6, 6.07) is 24.6. The van der Waals surface area contributed by atoms with E-state index in [0.29, 0.717) is 32.4 Å². The Bertz CT molecular complexity index is 1810. The Kier molecular flexibility index (Phi) is 13.3. The van der Waals surface area contributed by atoms with Crippen LogP contribution in [0.5, 0.6) is 5.75 Å². The molecule has 1 N–H and O–H groups in total. The fraction of sp³-hybridized carbons (Fsp3) is 0.278. The van der Waals surface area contributed by atoms with Crippen molar-refractivity contribution in [2.75, 3.05) is 24.5 Å². The van der Waals surface area contributed by atoms with Gasteiger partial charge in [0.15, 0.2) is 0 Å². The minimum absolute atomic E-state index is 0.0533. The zero-order valence-electron chi connectivity index (χ0n) is 27.0. The molecule has 0 bridgehead atoms. The fourth-order valence-electron chi connectivity index (χ4n) is 5.09. The minimum atomic E-state index is -4.31. The molecule has 0 radical (unpaired) electrons. The van der Waals surface area contributed by atoms with Gasteiger partial charge in [-0.2, -0.15) is 0 Å². The van der Waals surface area contributed by atoms with Crippen LogP contribution in [0.4, 0.5) is 5.69 Å². The molecule has 0 spiro atoms. The van der Waals surface area contributed by atoms with Gasteiger partial charge in [0.2, 0.25) is 11.8 Å². The Morgan fingerprint density at radius 2 is 1.60 bits per heavy atom. The van der Waals surface area contributed by atoms with E-state index in [4.69, 9.17) is 27.9 Å². The summed E-state index contributed by atoms with van der Waals surface area (Å²) >= 11 is 16.6. The molecule has 0 aliphatic rings. The average molecular weight is 776 g/mol. The zero-order chi connectivity index (χ0) is 34.8. The van der Waals surface area contributed by atoms with Crippen molar-refractivity contribution < 1.29 is 22.7 Å². The largest absolute Gasteiger partial charge is 0.496 e. The number of halogens is 3. The van der Waals surface area contributed by atoms with Crippen molar-refractivity contribution in [1.82, 2.24) is 10.2 Å². The second-order valence-corrected chi connectivity index (χ2v) is 14.7. The smallest absolute Gasteiger partial charge is 0.264 e. The first-order valence-corrected chi connectivity index (χ1v) is 18.4. The van der Waals surface area contributed by atoms with Gasteiger partial charge in [0.1, 0.15) is 18.3 Å². The van der Waals surface area contributed by atoms with Crippen LogP contribution in [0.2, 0.25) is 10.0 Å². The highest BCUT2D eigenvalue weighted by Crippen LogP contribution is 2.32. The summed E-state index contributed by atoms with van der Waals surface area (Å²) in [5.41, 5.74) is 2.46. The summed E-state index contributed by atoms with van der Waals surface area (Å²) in [5, 5.41) is 3.60. The number of amides is 2. The van der Waals surface area contributed by atoms with E-state index in [0.717, 1.165) is 28.3 Å². The summed E-state index contributed by atoms with van der Waals surface area (Å²) in [4.78, 5) is 29.9. The Morgan fingerprint density at radius 3 is 2.21 bits per heavy atom. The maximum Gasteiger partial charge on any atom is 0.264 e. The Balaban J connectivity index is 1.83. The Morgan fingerprint density at radius 1 is 0.938 bits per heavy atom. The van der Waals surface area contributed by atoms with Gasteiger partial charge in [-0.1, -0.05) is 90.6 Å². The van der Waals surface area contributed by atoms with Crippen molar-refractivity contribution in [2.45, 2.75) is 50.6 Å². The molecule has 0 saturated heterocycles. The number of methoxy groups -OCH3 is 1. The lowest BCUT2D eigenvalue weighted by molar-refractivity contribution is -0.140. The van der Waals surface area contributed by atoms with E-state index in [-0.39, 0.29) is 29.5 Å². The number of aryl methyl sites for hydroxylation is 1. The number of ether oxygens (including phenoxy) is 1. The van der Waals surface area contributed by atoms with Crippen molar-refractivity contribution in [3.8, 4) is 5.75 Å². The third-order valence-electron chi connectivity index (χ3n) is 7.80. The van der Waals surface area contributed by atoms with E-state index in [1.165, 1.54) is 30.2 Å². The first-order valence-electron chi connectivity index (χ1n) is 15.4. The molecule has 0 aliphatic heterocycles. The lowest BCUT2D eigenvalue weighted by atomic mass is 10.0. The molecule has 0 heterocycles. The molecule has 0 unspecified atom stereocenters. The van der Waals surface area contributed by atoms with Gasteiger partial charge in [0.05, 0.1) is 22.2 Å². The molecule has 12 heteroatoms. The van der Waals surface area contributed by atoms with E-state index >= 15 is 0 Å². The SMILES string of the molecule is CCCCNC(=O)[C@H](Cc1ccccc1)N(Cc1c(Cl)cccc1Cl)C(=O)CN(c1ccc(C)cc1)S(=O)(=O)c1ccc(OC)c(Br)c1. The van der Waals surface area contributed by atoms with E-state index in [2.05, 4.69) is 21.2 Å². The number of nitrogens with one attached hydrogen (secondary N) is 1. The Hall–Kier alpha value is -3.57. The number of nitrogens with zero attached hydrogens (tertiary/aromatic N) is 2. The van der Waals surface area contributed by atoms with Crippen molar-refractivity contribution in [3.63, 3.8) is 0 Å². The number of rotatable bonds is 15. The van der Waals surface area contributed by atoms with Gasteiger partial charge >= 0.3 is 0 Å². The first kappa shape index (κ1) is 37.3. The van der Waals surface area contributed by atoms with Gasteiger partial charge in [-0.3, -0.25) is 13.9 Å². The number of carbonyl (C=O) groups excluding carboxylic acids is 2. The number of hydrogen-bond donors (Lipinski definition) is 1. The lowest BCUT2D eigenvalue weighted by Gasteiger charge is -2.34. The summed E-state index contributed by atoms with van der Waals surface area (Å²) in [7, 11) is -2.83. The second kappa shape index (κ2) is 17.2. The van der Waals surface area contributed by atoms with Crippen LogP contribution in [-0.2, 0) is 32.6 Å². The van der Waals surface area contributed by atoms with E-state index in [1.54, 1.807) is 42.5 Å². The number of carbonyl (C=O) groups is 2. The van der Waals surface area contributed by atoms with E-state index in [1.807, 2.05) is 44.2 Å². The molecule has 48 heavy (non-hydrogen) atoms. The van der Waals surface area contributed by atoms with Crippen molar-refractivity contribution in [3.05, 3.63) is 122 Å². The molecule has 2 amide bonds. The molecule has 4 rings (SSSR count). The predicted molar refractivity (Wildman–Crippen MR) is 195 cm³/mol. The molecule has 4 aromatic carbocycles. The standard InChI is InChI=1S/C36H38BrCl2N3O5S/c1-4-5-20-40-36(44)33(21-26-10-7-6-8-11-26)41(23-29-31(38)12-9-13-32(29)39)35(43)24-42(27-16-14-25(2)15-17-27)48(45,46)28-18-19-34(47-3)30(37)22-28/h6-19,22,33H,4-5,20-21,23-24H2,1-3H3,(H,40,44)/t33-/m0/s1. The fourth-order valence-corrected chi connectivity index (χ4v) is 7.74. The van der Waals surface area contributed by atoms with Gasteiger partial charge < -0.3 is 15.0 Å². The minimum Gasteiger partial charge on any atom is -0.496 e. The highest BCUT2D eigenvalue weighted by Gasteiger charge is 2.35. The number of unbranched alkanes of at least 4 members (excludes halogenated alkanes) is 1. The monoisotopic (exact) mass is 773 g/mol. The van der Waals surface area contributed by atoms with Crippen molar-refractivity contribution in [2.24, 2.45) is 0 Å². The van der Waals surface area contributed by atoms with Gasteiger partial charge in [-0.15, -0.1) is 0 Å². The number of sulfonamides is 1. The molecule has 4 aromatic rings. The first-order chi connectivity index (χ1) is 23.0. The molecule has 8 nitrogen and oxygen atoms in total. The number of hydrogen-bond acceptors (Lipinski definition) is 5. The van der Waals surface area contributed by atoms with Gasteiger partial charge in [0.25, 0.3) is 10.0 Å². The van der Waals surface area contributed by atoms with Crippen molar-refractivity contribution in [1.29, 1.82) is 0 Å². The lowest BCUT2D eigenvalue weighted by Crippen LogP contribution is -2.53. The third kappa shape index (κ3) is 9.31. The normalized spacial score (nSPS) is 11.9. The van der Waals surface area contributed by atoms with Crippen LogP contribution in [0.25, 0.3) is 0 Å². The average Bonchev–Trinajstić information content (AvgIpc) is 3.07. The molecule has 254 valence electrons. The van der Waals surface area contributed by atoms with Gasteiger partial charge in [0, 0.05) is 35.1 Å². The van der Waals surface area contributed by atoms with Crippen LogP contribution in [0.1, 0.15) is 36.5 Å². The third-order valence-corrected chi connectivity index (χ3v) is 10.9. The van der Waals surface area contributed by atoms with E-state index in [9.17, 15) is 18.0 Å². The van der Waals surface area contributed by atoms with Crippen LogP contribution >= 0.6 is 39.1 Å². The quantitative estimate of drug-likeness (QED) is 0.124. The maximum absolute atomic E-state index is 14.7. The number of anilines is 1. The maximum atomic E-state index is 14.7. The summed E-state index contributed by atoms with van der Waals surface area (Å²) in [6.07, 6.45) is 1.80. The summed E-state index contributed by atoms with van der Waals surface area (Å²) in [5.74, 6) is -0.533. The molecule has 0 fully saturated rings. The topological polar surface area (TPSA) is 96.0 Å². The number of benzene rings is 4. The highest BCUT2D eigenvalue weighted by molar-refractivity contribution is 9.10.